The highest BCUT2D eigenvalue weighted by molar-refractivity contribution is 7.97. The van der Waals surface area contributed by atoms with Gasteiger partial charge in [-0.2, -0.15) is 0 Å². The molecule has 0 radical (unpaired) electrons. The van der Waals surface area contributed by atoms with Crippen molar-refractivity contribution in [2.75, 3.05) is 0 Å². The summed E-state index contributed by atoms with van der Waals surface area (Å²) in [4.78, 5) is 15.1. The van der Waals surface area contributed by atoms with Crippen LogP contribution < -0.4 is 4.72 Å². The van der Waals surface area contributed by atoms with Crippen LogP contribution in [-0.4, -0.2) is 10.9 Å². The summed E-state index contributed by atoms with van der Waals surface area (Å²) in [5.74, 6) is -0.0741. The smallest absolute Gasteiger partial charge is 0.226 e. The number of para-hydroxylation sites is 1. The lowest BCUT2D eigenvalue weighted by atomic mass is 10.2. The van der Waals surface area contributed by atoms with Gasteiger partial charge in [0, 0.05) is 24.3 Å². The minimum atomic E-state index is -0.0741. The summed E-state index contributed by atoms with van der Waals surface area (Å²) in [5.41, 5.74) is 0.938. The van der Waals surface area contributed by atoms with Crippen LogP contribution in [-0.2, 0) is 4.79 Å². The van der Waals surface area contributed by atoms with Crippen molar-refractivity contribution in [3.63, 3.8) is 0 Å². The van der Waals surface area contributed by atoms with E-state index in [1.807, 2.05) is 36.4 Å². The SMILES string of the molecule is CC(=O)NSc1ccc2ccccc2n1.Cl. The Kier molecular flexibility index (Phi) is 4.58. The van der Waals surface area contributed by atoms with E-state index in [1.54, 1.807) is 0 Å². The maximum Gasteiger partial charge on any atom is 0.226 e. The average molecular weight is 255 g/mol. The molecule has 0 bridgehead atoms. The molecule has 0 aliphatic heterocycles. The molecule has 1 N–H and O–H groups in total. The molecule has 1 aromatic heterocycles. The van der Waals surface area contributed by atoms with Gasteiger partial charge in [-0.15, -0.1) is 12.4 Å². The Balaban J connectivity index is 0.00000128. The lowest BCUT2D eigenvalue weighted by molar-refractivity contribution is -0.117. The summed E-state index contributed by atoms with van der Waals surface area (Å²) < 4.78 is 2.64. The molecule has 0 spiro atoms. The molecule has 1 heterocycles. The standard InChI is InChI=1S/C11H10N2OS.ClH/c1-8(14)13-15-11-7-6-9-4-2-3-5-10(9)12-11;/h2-7H,1H3,(H,13,14);1H. The van der Waals surface area contributed by atoms with Gasteiger partial charge >= 0.3 is 0 Å². The molecule has 0 saturated carbocycles. The van der Waals surface area contributed by atoms with Gasteiger partial charge in [-0.25, -0.2) is 4.98 Å². The summed E-state index contributed by atoms with van der Waals surface area (Å²) in [6.45, 7) is 1.48. The number of benzene rings is 1. The van der Waals surface area contributed by atoms with Crippen molar-refractivity contribution in [2.45, 2.75) is 11.9 Å². The average Bonchev–Trinajstić information content (AvgIpc) is 2.26. The number of pyridine rings is 1. The first-order chi connectivity index (χ1) is 7.25. The monoisotopic (exact) mass is 254 g/mol. The Morgan fingerprint density at radius 3 is 2.75 bits per heavy atom. The number of nitrogens with one attached hydrogen (secondary N) is 1. The topological polar surface area (TPSA) is 42.0 Å². The minimum Gasteiger partial charge on any atom is -0.295 e. The third kappa shape index (κ3) is 3.12. The van der Waals surface area contributed by atoms with Crippen molar-refractivity contribution in [1.29, 1.82) is 0 Å². The molecule has 0 aliphatic rings. The lowest BCUT2D eigenvalue weighted by Gasteiger charge is -2.01. The van der Waals surface area contributed by atoms with Gasteiger partial charge in [-0.3, -0.25) is 9.52 Å². The Morgan fingerprint density at radius 2 is 2.00 bits per heavy atom. The number of rotatable bonds is 2. The van der Waals surface area contributed by atoms with E-state index in [0.29, 0.717) is 0 Å². The molecule has 2 aromatic rings. The number of carbonyl (C=O) groups is 1. The van der Waals surface area contributed by atoms with E-state index < -0.39 is 0 Å². The predicted octanol–water partition coefficient (Wildman–Crippen LogP) is 2.80. The summed E-state index contributed by atoms with van der Waals surface area (Å²) in [7, 11) is 0. The number of carbonyl (C=O) groups excluding carboxylic acids is 1. The number of nitrogens with zero attached hydrogens (tertiary/aromatic N) is 1. The van der Waals surface area contributed by atoms with E-state index in [2.05, 4.69) is 9.71 Å². The van der Waals surface area contributed by atoms with Gasteiger partial charge in [0.15, 0.2) is 0 Å². The van der Waals surface area contributed by atoms with Crippen LogP contribution in [0.5, 0.6) is 0 Å². The third-order valence-electron chi connectivity index (χ3n) is 1.87. The zero-order valence-corrected chi connectivity index (χ0v) is 10.3. The van der Waals surface area contributed by atoms with Gasteiger partial charge in [0.05, 0.1) is 5.52 Å². The van der Waals surface area contributed by atoms with Crippen molar-refractivity contribution in [3.8, 4) is 0 Å². The van der Waals surface area contributed by atoms with Gasteiger partial charge in [-0.05, 0) is 12.1 Å². The summed E-state index contributed by atoms with van der Waals surface area (Å²) in [5, 5.41) is 1.90. The number of halogens is 1. The van der Waals surface area contributed by atoms with Gasteiger partial charge in [0.1, 0.15) is 5.03 Å². The van der Waals surface area contributed by atoms with Crippen LogP contribution in [0.25, 0.3) is 10.9 Å². The molecule has 0 fully saturated rings. The maximum atomic E-state index is 10.7. The molecule has 0 unspecified atom stereocenters. The van der Waals surface area contributed by atoms with Crippen LogP contribution in [0.4, 0.5) is 0 Å². The molecule has 0 atom stereocenters. The van der Waals surface area contributed by atoms with Crippen molar-refractivity contribution in [2.24, 2.45) is 0 Å². The minimum absolute atomic E-state index is 0. The highest BCUT2D eigenvalue weighted by Crippen LogP contribution is 2.17. The van der Waals surface area contributed by atoms with E-state index in [4.69, 9.17) is 0 Å². The molecule has 0 saturated heterocycles. The van der Waals surface area contributed by atoms with Crippen LogP contribution in [0, 0.1) is 0 Å². The van der Waals surface area contributed by atoms with Crippen LogP contribution >= 0.6 is 24.4 Å². The second-order valence-corrected chi connectivity index (χ2v) is 3.93. The first kappa shape index (κ1) is 12.8. The van der Waals surface area contributed by atoms with Gasteiger partial charge in [0.2, 0.25) is 5.91 Å². The Bertz CT molecular complexity index is 504. The zero-order valence-electron chi connectivity index (χ0n) is 8.64. The summed E-state index contributed by atoms with van der Waals surface area (Å²) in [6, 6.07) is 11.8. The molecule has 1 aromatic carbocycles. The van der Waals surface area contributed by atoms with E-state index in [1.165, 1.54) is 18.9 Å². The van der Waals surface area contributed by atoms with Crippen LogP contribution in [0.2, 0.25) is 0 Å². The number of hydrogen-bond acceptors (Lipinski definition) is 3. The van der Waals surface area contributed by atoms with Crippen molar-refractivity contribution >= 4 is 41.2 Å². The Morgan fingerprint density at radius 1 is 1.25 bits per heavy atom. The predicted molar refractivity (Wildman–Crippen MR) is 68.7 cm³/mol. The highest BCUT2D eigenvalue weighted by atomic mass is 35.5. The molecule has 3 nitrogen and oxygen atoms in total. The van der Waals surface area contributed by atoms with Gasteiger partial charge < -0.3 is 0 Å². The number of fused-ring (bicyclic) bond motifs is 1. The first-order valence-corrected chi connectivity index (χ1v) is 5.36. The summed E-state index contributed by atoms with van der Waals surface area (Å²) >= 11 is 1.23. The molecule has 16 heavy (non-hydrogen) atoms. The zero-order chi connectivity index (χ0) is 10.7. The molecule has 5 heteroatoms. The second-order valence-electron chi connectivity index (χ2n) is 3.10. The third-order valence-corrected chi connectivity index (χ3v) is 2.70. The van der Waals surface area contributed by atoms with Gasteiger partial charge in [0.25, 0.3) is 0 Å². The fourth-order valence-corrected chi connectivity index (χ4v) is 1.76. The van der Waals surface area contributed by atoms with E-state index in [-0.39, 0.29) is 18.3 Å². The quantitative estimate of drug-likeness (QED) is 0.838. The van der Waals surface area contributed by atoms with Crippen molar-refractivity contribution in [3.05, 3.63) is 36.4 Å². The number of aromatic nitrogens is 1. The Labute approximate surface area is 104 Å². The molecule has 1 amide bonds. The fraction of sp³-hybridized carbons (Fsp3) is 0.0909. The largest absolute Gasteiger partial charge is 0.295 e. The number of hydrogen-bond donors (Lipinski definition) is 1. The van der Waals surface area contributed by atoms with Crippen molar-refractivity contribution < 1.29 is 4.79 Å². The van der Waals surface area contributed by atoms with E-state index >= 15 is 0 Å². The van der Waals surface area contributed by atoms with Crippen LogP contribution in [0.3, 0.4) is 0 Å². The molecular weight excluding hydrogens is 244 g/mol. The van der Waals surface area contributed by atoms with Crippen LogP contribution in [0.15, 0.2) is 41.4 Å². The number of amides is 1. The first-order valence-electron chi connectivity index (χ1n) is 4.55. The maximum absolute atomic E-state index is 10.7. The van der Waals surface area contributed by atoms with Crippen LogP contribution in [0.1, 0.15) is 6.92 Å². The Hall–Kier alpha value is -1.26. The van der Waals surface area contributed by atoms with E-state index in [0.717, 1.165) is 15.9 Å². The molecule has 2 rings (SSSR count). The summed E-state index contributed by atoms with van der Waals surface area (Å²) in [6.07, 6.45) is 0. The molecular formula is C11H11ClN2OS. The van der Waals surface area contributed by atoms with Crippen molar-refractivity contribution in [1.82, 2.24) is 9.71 Å². The normalized spacial score (nSPS) is 9.56. The molecule has 0 aliphatic carbocycles. The second kappa shape index (κ2) is 5.72. The lowest BCUT2D eigenvalue weighted by Crippen LogP contribution is -2.10. The fourth-order valence-electron chi connectivity index (χ4n) is 1.23. The highest BCUT2D eigenvalue weighted by Gasteiger charge is 1.99. The van der Waals surface area contributed by atoms with E-state index in [9.17, 15) is 4.79 Å². The molecule has 84 valence electrons. The van der Waals surface area contributed by atoms with Gasteiger partial charge in [-0.1, -0.05) is 24.3 Å².